The third-order valence-corrected chi connectivity index (χ3v) is 3.61. The second kappa shape index (κ2) is 6.46. The lowest BCUT2D eigenvalue weighted by atomic mass is 10.2. The van der Waals surface area contributed by atoms with Gasteiger partial charge in [-0.1, -0.05) is 12.8 Å². The first kappa shape index (κ1) is 12.1. The highest BCUT2D eigenvalue weighted by molar-refractivity contribution is 7.99. The van der Waals surface area contributed by atoms with E-state index in [9.17, 15) is 4.39 Å². The van der Waals surface area contributed by atoms with Crippen molar-refractivity contribution in [1.82, 2.24) is 0 Å². The zero-order valence-electron chi connectivity index (χ0n) is 8.76. The Morgan fingerprint density at radius 2 is 2.14 bits per heavy atom. The summed E-state index contributed by atoms with van der Waals surface area (Å²) in [6.45, 7) is 1.31. The molecule has 0 atom stereocenters. The Morgan fingerprint density at radius 3 is 2.71 bits per heavy atom. The summed E-state index contributed by atoms with van der Waals surface area (Å²) in [5.74, 6) is 2.83. The van der Waals surface area contributed by atoms with Crippen molar-refractivity contribution in [3.8, 4) is 0 Å². The van der Waals surface area contributed by atoms with Gasteiger partial charge in [0.15, 0.2) is 0 Å². The fourth-order valence-corrected chi connectivity index (χ4v) is 2.41. The van der Waals surface area contributed by atoms with Crippen LogP contribution >= 0.6 is 11.8 Å². The van der Waals surface area contributed by atoms with Gasteiger partial charge < -0.3 is 5.11 Å². The Morgan fingerprint density at radius 1 is 1.43 bits per heavy atom. The third kappa shape index (κ3) is 5.01. The molecule has 0 aromatic carbocycles. The lowest BCUT2D eigenvalue weighted by Crippen LogP contribution is -1.92. The van der Waals surface area contributed by atoms with Crippen LogP contribution in [0.5, 0.6) is 0 Å². The highest BCUT2D eigenvalue weighted by Gasteiger charge is 2.19. The van der Waals surface area contributed by atoms with Gasteiger partial charge in [-0.15, -0.1) is 0 Å². The van der Waals surface area contributed by atoms with Crippen LogP contribution in [0, 0.1) is 5.92 Å². The molecular weight excluding hydrogens is 199 g/mol. The van der Waals surface area contributed by atoms with Crippen molar-refractivity contribution in [2.24, 2.45) is 5.92 Å². The van der Waals surface area contributed by atoms with Crippen molar-refractivity contribution in [3.05, 3.63) is 11.4 Å². The quantitative estimate of drug-likeness (QED) is 0.662. The number of aliphatic hydroxyl groups is 1. The molecule has 0 aromatic heterocycles. The molecular formula is C11H19FOS. The number of hydrogen-bond acceptors (Lipinski definition) is 2. The van der Waals surface area contributed by atoms with E-state index in [2.05, 4.69) is 0 Å². The SMILES string of the molecule is C/C(CCSCCC1CC1)=C(\F)CO. The van der Waals surface area contributed by atoms with Gasteiger partial charge in [-0.25, -0.2) is 4.39 Å². The topological polar surface area (TPSA) is 20.2 Å². The minimum Gasteiger partial charge on any atom is -0.389 e. The average Bonchev–Trinajstić information content (AvgIpc) is 2.99. The fourth-order valence-electron chi connectivity index (χ4n) is 1.25. The number of thioether (sulfide) groups is 1. The average molecular weight is 218 g/mol. The van der Waals surface area contributed by atoms with Crippen LogP contribution in [0.4, 0.5) is 4.39 Å². The second-order valence-corrected chi connectivity index (χ2v) is 5.16. The van der Waals surface area contributed by atoms with Gasteiger partial charge in [0.2, 0.25) is 0 Å². The first-order valence-corrected chi connectivity index (χ1v) is 6.42. The van der Waals surface area contributed by atoms with E-state index in [1.165, 1.54) is 25.0 Å². The van der Waals surface area contributed by atoms with E-state index in [1.807, 2.05) is 11.8 Å². The van der Waals surface area contributed by atoms with Gasteiger partial charge in [-0.3, -0.25) is 0 Å². The Hall–Kier alpha value is -0.0200. The highest BCUT2D eigenvalue weighted by atomic mass is 32.2. The normalized spacial score (nSPS) is 18.2. The summed E-state index contributed by atoms with van der Waals surface area (Å²) in [7, 11) is 0. The summed E-state index contributed by atoms with van der Waals surface area (Å²) in [4.78, 5) is 0. The monoisotopic (exact) mass is 218 g/mol. The van der Waals surface area contributed by atoms with E-state index in [-0.39, 0.29) is 5.83 Å². The summed E-state index contributed by atoms with van der Waals surface area (Å²) < 4.78 is 12.8. The third-order valence-electron chi connectivity index (χ3n) is 2.59. The van der Waals surface area contributed by atoms with Crippen LogP contribution in [0.25, 0.3) is 0 Å². The van der Waals surface area contributed by atoms with Crippen LogP contribution in [0.3, 0.4) is 0 Å². The van der Waals surface area contributed by atoms with Crippen molar-refractivity contribution < 1.29 is 9.50 Å². The second-order valence-electron chi connectivity index (χ2n) is 3.94. The first-order valence-electron chi connectivity index (χ1n) is 5.26. The van der Waals surface area contributed by atoms with E-state index < -0.39 is 6.61 Å². The van der Waals surface area contributed by atoms with Crippen molar-refractivity contribution in [2.75, 3.05) is 18.1 Å². The lowest BCUT2D eigenvalue weighted by molar-refractivity contribution is 0.295. The highest BCUT2D eigenvalue weighted by Crippen LogP contribution is 2.33. The van der Waals surface area contributed by atoms with Crippen LogP contribution in [0.15, 0.2) is 11.4 Å². The van der Waals surface area contributed by atoms with Gasteiger partial charge in [0.1, 0.15) is 5.83 Å². The van der Waals surface area contributed by atoms with E-state index >= 15 is 0 Å². The summed E-state index contributed by atoms with van der Waals surface area (Å²) in [6.07, 6.45) is 4.93. The maximum atomic E-state index is 12.8. The maximum absolute atomic E-state index is 12.8. The first-order chi connectivity index (χ1) is 6.74. The molecule has 0 bridgehead atoms. The van der Waals surface area contributed by atoms with Crippen LogP contribution in [0.1, 0.15) is 32.6 Å². The molecule has 0 amide bonds. The minimum atomic E-state index is -0.446. The standard InChI is InChI=1S/C11H19FOS/c1-9(11(12)8-13)4-6-14-7-5-10-2-3-10/h10,13H,2-8H2,1H3/b11-9+. The minimum absolute atomic E-state index is 0.354. The Labute approximate surface area is 89.8 Å². The van der Waals surface area contributed by atoms with E-state index in [0.29, 0.717) is 5.57 Å². The molecule has 0 heterocycles. The largest absolute Gasteiger partial charge is 0.389 e. The molecule has 1 aliphatic carbocycles. The van der Waals surface area contributed by atoms with Gasteiger partial charge in [-0.05, 0) is 42.8 Å². The molecule has 0 unspecified atom stereocenters. The number of halogens is 1. The number of allylic oxidation sites excluding steroid dienone is 1. The molecule has 1 nitrogen and oxygen atoms in total. The van der Waals surface area contributed by atoms with Gasteiger partial charge in [0.05, 0.1) is 6.61 Å². The summed E-state index contributed by atoms with van der Waals surface area (Å²) in [6, 6.07) is 0. The van der Waals surface area contributed by atoms with Crippen molar-refractivity contribution in [1.29, 1.82) is 0 Å². The summed E-state index contributed by atoms with van der Waals surface area (Å²) in [5.41, 5.74) is 0.700. The zero-order valence-corrected chi connectivity index (χ0v) is 9.58. The van der Waals surface area contributed by atoms with Crippen LogP contribution in [0.2, 0.25) is 0 Å². The van der Waals surface area contributed by atoms with Crippen molar-refractivity contribution in [2.45, 2.75) is 32.6 Å². The fraction of sp³-hybridized carbons (Fsp3) is 0.818. The summed E-state index contributed by atoms with van der Waals surface area (Å²) in [5, 5.41) is 8.55. The van der Waals surface area contributed by atoms with E-state index in [4.69, 9.17) is 5.11 Å². The van der Waals surface area contributed by atoms with Gasteiger partial charge in [-0.2, -0.15) is 11.8 Å². The molecule has 1 fully saturated rings. The predicted molar refractivity (Wildman–Crippen MR) is 60.2 cm³/mol. The smallest absolute Gasteiger partial charge is 0.124 e. The van der Waals surface area contributed by atoms with Crippen LogP contribution in [-0.4, -0.2) is 23.2 Å². The molecule has 0 spiro atoms. The van der Waals surface area contributed by atoms with Gasteiger partial charge >= 0.3 is 0 Å². The van der Waals surface area contributed by atoms with Crippen molar-refractivity contribution in [3.63, 3.8) is 0 Å². The molecule has 1 N–H and O–H groups in total. The van der Waals surface area contributed by atoms with Crippen LogP contribution in [-0.2, 0) is 0 Å². The molecule has 0 aliphatic heterocycles. The molecule has 0 saturated heterocycles. The predicted octanol–water partition coefficient (Wildman–Crippen LogP) is 3.15. The molecule has 14 heavy (non-hydrogen) atoms. The zero-order chi connectivity index (χ0) is 10.4. The number of hydrogen-bond donors (Lipinski definition) is 1. The Bertz CT molecular complexity index is 199. The molecule has 3 heteroatoms. The maximum Gasteiger partial charge on any atom is 0.124 e. The summed E-state index contributed by atoms with van der Waals surface area (Å²) >= 11 is 1.90. The number of aliphatic hydroxyl groups excluding tert-OH is 1. The lowest BCUT2D eigenvalue weighted by Gasteiger charge is -2.02. The van der Waals surface area contributed by atoms with Crippen LogP contribution < -0.4 is 0 Å². The van der Waals surface area contributed by atoms with E-state index in [0.717, 1.165) is 18.1 Å². The molecule has 82 valence electrons. The molecule has 1 rings (SSSR count). The Kier molecular flexibility index (Phi) is 5.56. The van der Waals surface area contributed by atoms with Gasteiger partial charge in [0, 0.05) is 0 Å². The molecule has 1 saturated carbocycles. The molecule has 0 radical (unpaired) electrons. The van der Waals surface area contributed by atoms with Crippen molar-refractivity contribution >= 4 is 11.8 Å². The molecule has 0 aromatic rings. The van der Waals surface area contributed by atoms with E-state index in [1.54, 1.807) is 6.92 Å². The Balaban J connectivity index is 1.96. The molecule has 1 aliphatic rings. The van der Waals surface area contributed by atoms with Gasteiger partial charge in [0.25, 0.3) is 0 Å². The number of rotatable bonds is 7.